The maximum Gasteiger partial charge on any atom is 0.123 e. The molecule has 1 aromatic rings. The number of benzene rings is 1. The molecule has 1 aromatic carbocycles. The summed E-state index contributed by atoms with van der Waals surface area (Å²) in [5.74, 6) is -0.210. The molecule has 118 valence electrons. The summed E-state index contributed by atoms with van der Waals surface area (Å²) in [6, 6.07) is 6.62. The summed E-state index contributed by atoms with van der Waals surface area (Å²) in [6.45, 7) is 3.71. The number of halogens is 1. The second kappa shape index (κ2) is 8.47. The fraction of sp³-hybridized carbons (Fsp3) is 0.647. The van der Waals surface area contributed by atoms with Gasteiger partial charge in [0.25, 0.3) is 0 Å². The van der Waals surface area contributed by atoms with Gasteiger partial charge in [-0.2, -0.15) is 0 Å². The maximum absolute atomic E-state index is 13.1. The third kappa shape index (κ3) is 5.06. The number of rotatable bonds is 7. The summed E-state index contributed by atoms with van der Waals surface area (Å²) in [5, 5.41) is 3.33. The maximum atomic E-state index is 13.1. The molecule has 0 saturated heterocycles. The Balaban J connectivity index is 2.00. The highest BCUT2D eigenvalue weighted by Gasteiger charge is 2.25. The molecule has 21 heavy (non-hydrogen) atoms. The molecule has 0 radical (unpaired) electrons. The van der Waals surface area contributed by atoms with E-state index in [1.807, 2.05) is 12.1 Å². The van der Waals surface area contributed by atoms with Crippen LogP contribution in [0.5, 0.6) is 0 Å². The molecule has 0 amide bonds. The number of hydrogen-bond acceptors (Lipinski definition) is 3. The lowest BCUT2D eigenvalue weighted by Gasteiger charge is -2.31. The van der Waals surface area contributed by atoms with Gasteiger partial charge in [-0.1, -0.05) is 19.1 Å². The van der Waals surface area contributed by atoms with Gasteiger partial charge in [0.1, 0.15) is 5.82 Å². The quantitative estimate of drug-likeness (QED) is 0.836. The molecule has 1 saturated carbocycles. The standard InChI is InChI=1S/C17H26FNO2/c1-3-19-12-17(13-7-9-14(18)10-8-13)21-16-6-4-5-15(11-16)20-2/h7-10,15-17,19H,3-6,11-12H2,1-2H3. The highest BCUT2D eigenvalue weighted by molar-refractivity contribution is 5.19. The molecule has 0 spiro atoms. The SMILES string of the molecule is CCNCC(OC1CCCC(OC)C1)c1ccc(F)cc1. The Kier molecular flexibility index (Phi) is 6.61. The first-order valence-corrected chi connectivity index (χ1v) is 7.87. The smallest absolute Gasteiger partial charge is 0.123 e. The van der Waals surface area contributed by atoms with Gasteiger partial charge in [0, 0.05) is 13.7 Å². The molecule has 3 atom stereocenters. The molecule has 0 aromatic heterocycles. The van der Waals surface area contributed by atoms with Gasteiger partial charge in [0.2, 0.25) is 0 Å². The van der Waals surface area contributed by atoms with Gasteiger partial charge in [0.05, 0.1) is 18.3 Å². The first kappa shape index (κ1) is 16.4. The van der Waals surface area contributed by atoms with Crippen molar-refractivity contribution >= 4 is 0 Å². The van der Waals surface area contributed by atoms with E-state index in [1.54, 1.807) is 7.11 Å². The molecule has 3 nitrogen and oxygen atoms in total. The van der Waals surface area contributed by atoms with Crippen molar-refractivity contribution in [2.75, 3.05) is 20.2 Å². The molecule has 1 fully saturated rings. The van der Waals surface area contributed by atoms with Crippen LogP contribution in [0.4, 0.5) is 4.39 Å². The van der Waals surface area contributed by atoms with Crippen molar-refractivity contribution in [1.82, 2.24) is 5.32 Å². The van der Waals surface area contributed by atoms with E-state index in [4.69, 9.17) is 9.47 Å². The van der Waals surface area contributed by atoms with Crippen molar-refractivity contribution in [3.05, 3.63) is 35.6 Å². The number of nitrogens with one attached hydrogen (secondary N) is 1. The van der Waals surface area contributed by atoms with Crippen molar-refractivity contribution < 1.29 is 13.9 Å². The van der Waals surface area contributed by atoms with Gasteiger partial charge in [-0.05, 0) is 49.9 Å². The van der Waals surface area contributed by atoms with Gasteiger partial charge in [-0.3, -0.25) is 0 Å². The highest BCUT2D eigenvalue weighted by atomic mass is 19.1. The predicted molar refractivity (Wildman–Crippen MR) is 81.8 cm³/mol. The van der Waals surface area contributed by atoms with E-state index >= 15 is 0 Å². The Morgan fingerprint density at radius 2 is 1.95 bits per heavy atom. The van der Waals surface area contributed by atoms with Gasteiger partial charge in [-0.25, -0.2) is 4.39 Å². The molecule has 1 aliphatic rings. The van der Waals surface area contributed by atoms with Gasteiger partial charge >= 0.3 is 0 Å². The van der Waals surface area contributed by atoms with Gasteiger partial charge in [0.15, 0.2) is 0 Å². The Hall–Kier alpha value is -0.970. The Bertz CT molecular complexity index is 410. The van der Waals surface area contributed by atoms with Crippen LogP contribution in [-0.2, 0) is 9.47 Å². The Morgan fingerprint density at radius 1 is 1.24 bits per heavy atom. The monoisotopic (exact) mass is 295 g/mol. The molecule has 2 rings (SSSR count). The lowest BCUT2D eigenvalue weighted by molar-refractivity contribution is -0.0655. The third-order valence-corrected chi connectivity index (χ3v) is 4.09. The van der Waals surface area contributed by atoms with Crippen LogP contribution in [0, 0.1) is 5.82 Å². The van der Waals surface area contributed by atoms with Crippen LogP contribution in [-0.4, -0.2) is 32.4 Å². The molecular formula is C17H26FNO2. The second-order valence-electron chi connectivity index (χ2n) is 5.63. The largest absolute Gasteiger partial charge is 0.381 e. The summed E-state index contributed by atoms with van der Waals surface area (Å²) in [4.78, 5) is 0. The van der Waals surface area contributed by atoms with Crippen molar-refractivity contribution in [2.24, 2.45) is 0 Å². The average Bonchev–Trinajstić information content (AvgIpc) is 2.52. The van der Waals surface area contributed by atoms with E-state index in [1.165, 1.54) is 12.1 Å². The molecule has 0 heterocycles. The van der Waals surface area contributed by atoms with Crippen LogP contribution < -0.4 is 5.32 Å². The lowest BCUT2D eigenvalue weighted by atomic mass is 9.94. The summed E-state index contributed by atoms with van der Waals surface area (Å²) in [6.07, 6.45) is 4.76. The van der Waals surface area contributed by atoms with Crippen LogP contribution in [0.1, 0.15) is 44.3 Å². The van der Waals surface area contributed by atoms with Crippen molar-refractivity contribution in [3.8, 4) is 0 Å². The lowest BCUT2D eigenvalue weighted by Crippen LogP contribution is -2.32. The fourth-order valence-corrected chi connectivity index (χ4v) is 2.87. The number of methoxy groups -OCH3 is 1. The van der Waals surface area contributed by atoms with E-state index in [9.17, 15) is 4.39 Å². The summed E-state index contributed by atoms with van der Waals surface area (Å²) < 4.78 is 24.8. The van der Waals surface area contributed by atoms with E-state index in [2.05, 4.69) is 12.2 Å². The number of ether oxygens (including phenoxy) is 2. The summed E-state index contributed by atoms with van der Waals surface area (Å²) >= 11 is 0. The first-order valence-electron chi connectivity index (χ1n) is 7.87. The molecule has 3 unspecified atom stereocenters. The minimum atomic E-state index is -0.210. The molecule has 1 N–H and O–H groups in total. The van der Waals surface area contributed by atoms with Crippen molar-refractivity contribution in [3.63, 3.8) is 0 Å². The van der Waals surface area contributed by atoms with Crippen molar-refractivity contribution in [1.29, 1.82) is 0 Å². The molecule has 4 heteroatoms. The third-order valence-electron chi connectivity index (χ3n) is 4.09. The predicted octanol–water partition coefficient (Wildman–Crippen LogP) is 3.45. The average molecular weight is 295 g/mol. The number of likely N-dealkylation sites (N-methyl/N-ethyl adjacent to an activating group) is 1. The van der Waals surface area contributed by atoms with Crippen LogP contribution in [0.15, 0.2) is 24.3 Å². The normalized spacial score (nSPS) is 24.0. The minimum Gasteiger partial charge on any atom is -0.381 e. The molecule has 0 bridgehead atoms. The fourth-order valence-electron chi connectivity index (χ4n) is 2.87. The van der Waals surface area contributed by atoms with E-state index < -0.39 is 0 Å². The molecular weight excluding hydrogens is 269 g/mol. The number of hydrogen-bond donors (Lipinski definition) is 1. The zero-order valence-electron chi connectivity index (χ0n) is 13.0. The van der Waals surface area contributed by atoms with E-state index in [-0.39, 0.29) is 18.0 Å². The first-order chi connectivity index (χ1) is 10.2. The second-order valence-corrected chi connectivity index (χ2v) is 5.63. The molecule has 0 aliphatic heterocycles. The zero-order chi connectivity index (χ0) is 15.1. The summed E-state index contributed by atoms with van der Waals surface area (Å²) in [5.41, 5.74) is 1.02. The Morgan fingerprint density at radius 3 is 2.62 bits per heavy atom. The highest BCUT2D eigenvalue weighted by Crippen LogP contribution is 2.28. The van der Waals surface area contributed by atoms with Crippen LogP contribution in [0.3, 0.4) is 0 Å². The molecule has 1 aliphatic carbocycles. The summed E-state index contributed by atoms with van der Waals surface area (Å²) in [7, 11) is 1.77. The Labute approximate surface area is 126 Å². The van der Waals surface area contributed by atoms with Crippen molar-refractivity contribution in [2.45, 2.75) is 50.9 Å². The zero-order valence-corrected chi connectivity index (χ0v) is 13.0. The van der Waals surface area contributed by atoms with Crippen LogP contribution >= 0.6 is 0 Å². The van der Waals surface area contributed by atoms with Gasteiger partial charge in [-0.15, -0.1) is 0 Å². The van der Waals surface area contributed by atoms with Crippen LogP contribution in [0.25, 0.3) is 0 Å². The minimum absolute atomic E-state index is 0.0360. The van der Waals surface area contributed by atoms with E-state index in [0.717, 1.165) is 44.3 Å². The van der Waals surface area contributed by atoms with Crippen LogP contribution in [0.2, 0.25) is 0 Å². The topological polar surface area (TPSA) is 30.5 Å². The van der Waals surface area contributed by atoms with Gasteiger partial charge < -0.3 is 14.8 Å². The van der Waals surface area contributed by atoms with E-state index in [0.29, 0.717) is 6.10 Å².